The van der Waals surface area contributed by atoms with Crippen LogP contribution >= 0.6 is 0 Å². The fourth-order valence-corrected chi connectivity index (χ4v) is 4.20. The summed E-state index contributed by atoms with van der Waals surface area (Å²) in [5, 5.41) is 0. The maximum absolute atomic E-state index is 6.20. The molecular weight excluding hydrogens is 420 g/mol. The number of rotatable bonds is 21. The Hall–Kier alpha value is -1.68. The van der Waals surface area contributed by atoms with Crippen molar-refractivity contribution < 1.29 is 14.2 Å². The third-order valence-corrected chi connectivity index (χ3v) is 6.40. The summed E-state index contributed by atoms with van der Waals surface area (Å²) < 4.78 is 18.2. The number of hydrogen-bond donors (Lipinski definition) is 0. The Morgan fingerprint density at radius 3 is 1.79 bits per heavy atom. The monoisotopic (exact) mass is 468 g/mol. The fourth-order valence-electron chi connectivity index (χ4n) is 4.20. The highest BCUT2D eigenvalue weighted by Crippen LogP contribution is 2.22. The lowest BCUT2D eigenvalue weighted by molar-refractivity contribution is -0.160. The molecule has 2 aromatic rings. The normalized spacial score (nSPS) is 13.1. The maximum atomic E-state index is 6.20. The first-order valence-corrected chi connectivity index (χ1v) is 13.7. The Labute approximate surface area is 209 Å². The molecule has 0 saturated heterocycles. The SMILES string of the molecule is CCCCCCCCCCCCOCCOC(OCCc1ccccc1)C(C)c1ccccc1. The number of hydrogen-bond acceptors (Lipinski definition) is 3. The molecule has 2 atom stereocenters. The van der Waals surface area contributed by atoms with Crippen LogP contribution in [0.2, 0.25) is 0 Å². The van der Waals surface area contributed by atoms with Crippen molar-refractivity contribution in [2.75, 3.05) is 26.4 Å². The Morgan fingerprint density at radius 2 is 1.15 bits per heavy atom. The van der Waals surface area contributed by atoms with E-state index in [0.29, 0.717) is 19.8 Å². The Bertz CT molecular complexity index is 688. The van der Waals surface area contributed by atoms with Gasteiger partial charge >= 0.3 is 0 Å². The van der Waals surface area contributed by atoms with E-state index in [4.69, 9.17) is 14.2 Å². The van der Waals surface area contributed by atoms with Crippen LogP contribution in [0.15, 0.2) is 60.7 Å². The first kappa shape index (κ1) is 28.6. The van der Waals surface area contributed by atoms with Crippen LogP contribution < -0.4 is 0 Å². The quantitative estimate of drug-likeness (QED) is 0.136. The van der Waals surface area contributed by atoms with Crippen LogP contribution in [-0.2, 0) is 20.6 Å². The largest absolute Gasteiger partial charge is 0.379 e. The van der Waals surface area contributed by atoms with Gasteiger partial charge in [0.15, 0.2) is 6.29 Å². The summed E-state index contributed by atoms with van der Waals surface area (Å²) >= 11 is 0. The molecule has 0 N–H and O–H groups in total. The molecule has 3 nitrogen and oxygen atoms in total. The van der Waals surface area contributed by atoms with Gasteiger partial charge in [0.2, 0.25) is 0 Å². The van der Waals surface area contributed by atoms with Crippen molar-refractivity contribution in [2.24, 2.45) is 0 Å². The van der Waals surface area contributed by atoms with Gasteiger partial charge in [0, 0.05) is 12.5 Å². The molecule has 0 radical (unpaired) electrons. The van der Waals surface area contributed by atoms with Gasteiger partial charge in [-0.3, -0.25) is 0 Å². The maximum Gasteiger partial charge on any atom is 0.164 e. The molecule has 0 spiro atoms. The second-order valence-corrected chi connectivity index (χ2v) is 9.34. The molecule has 3 heteroatoms. The number of ether oxygens (including phenoxy) is 3. The second-order valence-electron chi connectivity index (χ2n) is 9.34. The molecule has 2 unspecified atom stereocenters. The molecule has 0 bridgehead atoms. The Morgan fingerprint density at radius 1 is 0.588 bits per heavy atom. The molecule has 0 aromatic heterocycles. The Balaban J connectivity index is 1.58. The van der Waals surface area contributed by atoms with Crippen LogP contribution in [0.1, 0.15) is 95.1 Å². The van der Waals surface area contributed by atoms with Crippen LogP contribution in [0, 0.1) is 0 Å². The smallest absolute Gasteiger partial charge is 0.164 e. The fraction of sp³-hybridized carbons (Fsp3) is 0.613. The molecule has 0 aliphatic rings. The second kappa shape index (κ2) is 19.6. The highest BCUT2D eigenvalue weighted by Gasteiger charge is 2.20. The molecule has 0 amide bonds. The first-order chi connectivity index (χ1) is 16.8. The minimum atomic E-state index is -0.271. The molecule has 0 saturated carbocycles. The van der Waals surface area contributed by atoms with E-state index >= 15 is 0 Å². The Kier molecular flexibility index (Phi) is 16.5. The predicted octanol–water partition coefficient (Wildman–Crippen LogP) is 8.33. The van der Waals surface area contributed by atoms with Crippen molar-refractivity contribution in [3.8, 4) is 0 Å². The first-order valence-electron chi connectivity index (χ1n) is 13.7. The molecule has 2 rings (SSSR count). The summed E-state index contributed by atoms with van der Waals surface area (Å²) in [5.74, 6) is 0.166. The van der Waals surface area contributed by atoms with E-state index in [0.717, 1.165) is 19.4 Å². The summed E-state index contributed by atoms with van der Waals surface area (Å²) in [4.78, 5) is 0. The van der Waals surface area contributed by atoms with Gasteiger partial charge in [-0.2, -0.15) is 0 Å². The lowest BCUT2D eigenvalue weighted by Gasteiger charge is -2.25. The third kappa shape index (κ3) is 13.3. The number of unbranched alkanes of at least 4 members (excludes halogenated alkanes) is 9. The molecule has 190 valence electrons. The third-order valence-electron chi connectivity index (χ3n) is 6.40. The van der Waals surface area contributed by atoms with Crippen molar-refractivity contribution >= 4 is 0 Å². The summed E-state index contributed by atoms with van der Waals surface area (Å²) in [6.07, 6.45) is 14.1. The van der Waals surface area contributed by atoms with Gasteiger partial charge in [0.05, 0.1) is 19.8 Å². The molecule has 0 aliphatic carbocycles. The van der Waals surface area contributed by atoms with Crippen molar-refractivity contribution in [1.29, 1.82) is 0 Å². The van der Waals surface area contributed by atoms with E-state index in [2.05, 4.69) is 62.4 Å². The van der Waals surface area contributed by atoms with Gasteiger partial charge in [-0.25, -0.2) is 0 Å². The van der Waals surface area contributed by atoms with Crippen LogP contribution in [-0.4, -0.2) is 32.7 Å². The van der Waals surface area contributed by atoms with Crippen LogP contribution in [0.4, 0.5) is 0 Å². The van der Waals surface area contributed by atoms with Crippen molar-refractivity contribution in [3.63, 3.8) is 0 Å². The van der Waals surface area contributed by atoms with Crippen LogP contribution in [0.5, 0.6) is 0 Å². The van der Waals surface area contributed by atoms with Crippen molar-refractivity contribution in [3.05, 3.63) is 71.8 Å². The highest BCUT2D eigenvalue weighted by atomic mass is 16.7. The molecular formula is C31H48O3. The summed E-state index contributed by atoms with van der Waals surface area (Å²) in [6.45, 7) is 7.10. The average molecular weight is 469 g/mol. The average Bonchev–Trinajstić information content (AvgIpc) is 2.88. The van der Waals surface area contributed by atoms with Gasteiger partial charge in [0.25, 0.3) is 0 Å². The van der Waals surface area contributed by atoms with Gasteiger partial charge in [-0.05, 0) is 24.0 Å². The lowest BCUT2D eigenvalue weighted by Crippen LogP contribution is -2.26. The van der Waals surface area contributed by atoms with Crippen molar-refractivity contribution in [1.82, 2.24) is 0 Å². The molecule has 0 aliphatic heterocycles. The molecule has 2 aromatic carbocycles. The van der Waals surface area contributed by atoms with Gasteiger partial charge in [-0.1, -0.05) is 132 Å². The zero-order chi connectivity index (χ0) is 24.1. The van der Waals surface area contributed by atoms with Gasteiger partial charge < -0.3 is 14.2 Å². The minimum Gasteiger partial charge on any atom is -0.379 e. The molecule has 0 fully saturated rings. The summed E-state index contributed by atoms with van der Waals surface area (Å²) in [7, 11) is 0. The molecule has 34 heavy (non-hydrogen) atoms. The van der Waals surface area contributed by atoms with Crippen molar-refractivity contribution in [2.45, 2.75) is 96.7 Å². The van der Waals surface area contributed by atoms with E-state index in [1.807, 2.05) is 12.1 Å². The standard InChI is InChI=1S/C31H48O3/c1-3-4-5-6-7-8-9-10-11-18-24-32-26-27-34-31(28(2)30-21-16-13-17-22-30)33-25-23-29-19-14-12-15-20-29/h12-17,19-22,28,31H,3-11,18,23-27H2,1-2H3. The van der Waals surface area contributed by atoms with Crippen LogP contribution in [0.3, 0.4) is 0 Å². The van der Waals surface area contributed by atoms with Gasteiger partial charge in [0.1, 0.15) is 0 Å². The summed E-state index contributed by atoms with van der Waals surface area (Å²) in [6, 6.07) is 20.9. The predicted molar refractivity (Wildman–Crippen MR) is 143 cm³/mol. The van der Waals surface area contributed by atoms with E-state index in [9.17, 15) is 0 Å². The van der Waals surface area contributed by atoms with E-state index < -0.39 is 0 Å². The van der Waals surface area contributed by atoms with E-state index in [1.165, 1.54) is 68.9 Å². The summed E-state index contributed by atoms with van der Waals surface area (Å²) in [5.41, 5.74) is 2.52. The minimum absolute atomic E-state index is 0.166. The molecule has 0 heterocycles. The van der Waals surface area contributed by atoms with E-state index in [-0.39, 0.29) is 12.2 Å². The van der Waals surface area contributed by atoms with Gasteiger partial charge in [-0.15, -0.1) is 0 Å². The number of benzene rings is 2. The zero-order valence-electron chi connectivity index (χ0n) is 21.8. The highest BCUT2D eigenvalue weighted by molar-refractivity contribution is 5.19. The van der Waals surface area contributed by atoms with Crippen LogP contribution in [0.25, 0.3) is 0 Å². The lowest BCUT2D eigenvalue weighted by atomic mass is 10.0. The zero-order valence-corrected chi connectivity index (χ0v) is 21.8. The topological polar surface area (TPSA) is 27.7 Å². The van der Waals surface area contributed by atoms with E-state index in [1.54, 1.807) is 0 Å².